The van der Waals surface area contributed by atoms with Crippen LogP contribution in [0.15, 0.2) is 18.2 Å². The van der Waals surface area contributed by atoms with Crippen LogP contribution in [0.5, 0.6) is 11.5 Å². The maximum absolute atomic E-state index is 12.0. The number of aliphatic carboxylic acids is 1. The summed E-state index contributed by atoms with van der Waals surface area (Å²) in [5.74, 6) is 0.461. The highest BCUT2D eigenvalue weighted by atomic mass is 16.5. The van der Waals surface area contributed by atoms with Crippen molar-refractivity contribution in [1.82, 2.24) is 0 Å². The predicted molar refractivity (Wildman–Crippen MR) is 72.5 cm³/mol. The average Bonchev–Trinajstić information content (AvgIpc) is 2.67. The van der Waals surface area contributed by atoms with E-state index in [0.717, 1.165) is 6.42 Å². The van der Waals surface area contributed by atoms with Crippen molar-refractivity contribution in [3.63, 3.8) is 0 Å². The van der Waals surface area contributed by atoms with Crippen molar-refractivity contribution in [2.24, 2.45) is 0 Å². The van der Waals surface area contributed by atoms with E-state index in [9.17, 15) is 9.59 Å². The van der Waals surface area contributed by atoms with Crippen molar-refractivity contribution in [1.29, 1.82) is 0 Å². The van der Waals surface area contributed by atoms with Gasteiger partial charge in [0, 0.05) is 24.8 Å². The van der Waals surface area contributed by atoms with E-state index < -0.39 is 5.97 Å². The molecule has 0 saturated heterocycles. The molecule has 0 aromatic heterocycles. The van der Waals surface area contributed by atoms with Crippen LogP contribution in [0.3, 0.4) is 0 Å². The number of ketones is 1. The summed E-state index contributed by atoms with van der Waals surface area (Å²) in [7, 11) is 0. The van der Waals surface area contributed by atoms with Gasteiger partial charge in [-0.25, -0.2) is 0 Å². The molecule has 5 heteroatoms. The van der Waals surface area contributed by atoms with Gasteiger partial charge >= 0.3 is 5.97 Å². The van der Waals surface area contributed by atoms with E-state index in [4.69, 9.17) is 14.6 Å². The van der Waals surface area contributed by atoms with E-state index in [1.54, 1.807) is 18.2 Å². The van der Waals surface area contributed by atoms with Crippen molar-refractivity contribution in [3.8, 4) is 11.5 Å². The van der Waals surface area contributed by atoms with Gasteiger partial charge in [0.1, 0.15) is 0 Å². The molecule has 1 aliphatic rings. The summed E-state index contributed by atoms with van der Waals surface area (Å²) >= 11 is 0. The highest BCUT2D eigenvalue weighted by Gasteiger charge is 2.14. The quantitative estimate of drug-likeness (QED) is 0.639. The number of unbranched alkanes of at least 4 members (excludes halogenated alkanes) is 1. The Labute approximate surface area is 117 Å². The molecule has 0 fully saturated rings. The molecular weight excluding hydrogens is 260 g/mol. The number of hydrogen-bond donors (Lipinski definition) is 1. The SMILES string of the molecule is O=C(O)CCCCC(=O)c1ccc2c(c1)OCCCO2. The second-order valence-electron chi connectivity index (χ2n) is 4.74. The monoisotopic (exact) mass is 278 g/mol. The average molecular weight is 278 g/mol. The number of carboxylic acid groups (broad SMARTS) is 1. The molecule has 0 aliphatic carbocycles. The molecule has 1 aromatic carbocycles. The molecule has 1 N–H and O–H groups in total. The Morgan fingerprint density at radius 1 is 1.05 bits per heavy atom. The number of carbonyl (C=O) groups excluding carboxylic acids is 1. The first-order valence-corrected chi connectivity index (χ1v) is 6.81. The summed E-state index contributed by atoms with van der Waals surface area (Å²) in [4.78, 5) is 22.4. The fraction of sp³-hybridized carbons (Fsp3) is 0.467. The number of carboxylic acids is 1. The third kappa shape index (κ3) is 3.98. The zero-order chi connectivity index (χ0) is 14.4. The molecule has 108 valence electrons. The second-order valence-corrected chi connectivity index (χ2v) is 4.74. The number of carbonyl (C=O) groups is 2. The molecule has 1 aromatic rings. The lowest BCUT2D eigenvalue weighted by atomic mass is 10.0. The van der Waals surface area contributed by atoms with E-state index in [-0.39, 0.29) is 12.2 Å². The maximum atomic E-state index is 12.0. The number of hydrogen-bond acceptors (Lipinski definition) is 4. The maximum Gasteiger partial charge on any atom is 0.303 e. The van der Waals surface area contributed by atoms with Crippen molar-refractivity contribution in [3.05, 3.63) is 23.8 Å². The number of benzene rings is 1. The van der Waals surface area contributed by atoms with Crippen LogP contribution in [-0.2, 0) is 4.79 Å². The van der Waals surface area contributed by atoms with Crippen LogP contribution in [-0.4, -0.2) is 30.1 Å². The van der Waals surface area contributed by atoms with Gasteiger partial charge in [0.15, 0.2) is 17.3 Å². The Morgan fingerprint density at radius 3 is 2.50 bits per heavy atom. The Morgan fingerprint density at radius 2 is 1.75 bits per heavy atom. The lowest BCUT2D eigenvalue weighted by Gasteiger charge is -2.08. The Bertz CT molecular complexity index is 495. The van der Waals surface area contributed by atoms with Gasteiger partial charge in [-0.05, 0) is 31.0 Å². The zero-order valence-electron chi connectivity index (χ0n) is 11.3. The first kappa shape index (κ1) is 14.4. The van der Waals surface area contributed by atoms with Crippen molar-refractivity contribution >= 4 is 11.8 Å². The van der Waals surface area contributed by atoms with Crippen molar-refractivity contribution in [2.45, 2.75) is 32.1 Å². The van der Waals surface area contributed by atoms with Crippen LogP contribution in [0, 0.1) is 0 Å². The molecule has 2 rings (SSSR count). The molecule has 0 bridgehead atoms. The molecule has 0 saturated carbocycles. The van der Waals surface area contributed by atoms with Gasteiger partial charge in [0.05, 0.1) is 13.2 Å². The minimum atomic E-state index is -0.826. The first-order valence-electron chi connectivity index (χ1n) is 6.81. The molecule has 1 heterocycles. The normalized spacial score (nSPS) is 13.6. The number of fused-ring (bicyclic) bond motifs is 1. The third-order valence-corrected chi connectivity index (χ3v) is 3.11. The van der Waals surface area contributed by atoms with E-state index in [2.05, 4.69) is 0 Å². The minimum Gasteiger partial charge on any atom is -0.490 e. The Balaban J connectivity index is 1.93. The molecule has 0 atom stereocenters. The summed E-state index contributed by atoms with van der Waals surface area (Å²) in [5, 5.41) is 8.54. The fourth-order valence-corrected chi connectivity index (χ4v) is 2.04. The third-order valence-electron chi connectivity index (χ3n) is 3.11. The van der Waals surface area contributed by atoms with Gasteiger partial charge in [0.2, 0.25) is 0 Å². The van der Waals surface area contributed by atoms with E-state index >= 15 is 0 Å². The molecule has 5 nitrogen and oxygen atoms in total. The van der Waals surface area contributed by atoms with Crippen LogP contribution >= 0.6 is 0 Å². The van der Waals surface area contributed by atoms with Gasteiger partial charge in [-0.1, -0.05) is 0 Å². The van der Waals surface area contributed by atoms with E-state index in [0.29, 0.717) is 49.5 Å². The van der Waals surface area contributed by atoms with Crippen LogP contribution in [0.1, 0.15) is 42.5 Å². The van der Waals surface area contributed by atoms with E-state index in [1.807, 2.05) is 0 Å². The second kappa shape index (κ2) is 6.93. The van der Waals surface area contributed by atoms with Crippen LogP contribution in [0.2, 0.25) is 0 Å². The predicted octanol–water partition coefficient (Wildman–Crippen LogP) is 2.68. The molecule has 0 unspecified atom stereocenters. The number of rotatable bonds is 6. The molecule has 20 heavy (non-hydrogen) atoms. The van der Waals surface area contributed by atoms with Gasteiger partial charge in [-0.15, -0.1) is 0 Å². The Kier molecular flexibility index (Phi) is 4.98. The van der Waals surface area contributed by atoms with Gasteiger partial charge in [0.25, 0.3) is 0 Å². The zero-order valence-corrected chi connectivity index (χ0v) is 11.3. The highest BCUT2D eigenvalue weighted by molar-refractivity contribution is 5.96. The molecule has 0 radical (unpaired) electrons. The standard InChI is InChI=1S/C15H18O5/c16-12(4-1-2-5-15(17)18)11-6-7-13-14(10-11)20-9-3-8-19-13/h6-7,10H,1-5,8-9H2,(H,17,18). The summed E-state index contributed by atoms with van der Waals surface area (Å²) < 4.78 is 11.0. The molecule has 1 aliphatic heterocycles. The first-order chi connectivity index (χ1) is 9.66. The minimum absolute atomic E-state index is 0.00559. The van der Waals surface area contributed by atoms with Crippen LogP contribution in [0.4, 0.5) is 0 Å². The molecule has 0 spiro atoms. The number of Topliss-reactive ketones (excluding diaryl/α,β-unsaturated/α-hetero) is 1. The van der Waals surface area contributed by atoms with Gasteiger partial charge in [-0.2, -0.15) is 0 Å². The van der Waals surface area contributed by atoms with E-state index in [1.165, 1.54) is 0 Å². The van der Waals surface area contributed by atoms with Gasteiger partial charge < -0.3 is 14.6 Å². The summed E-state index contributed by atoms with van der Waals surface area (Å²) in [6.07, 6.45) is 2.39. The van der Waals surface area contributed by atoms with Crippen LogP contribution in [0.25, 0.3) is 0 Å². The highest BCUT2D eigenvalue weighted by Crippen LogP contribution is 2.30. The summed E-state index contributed by atoms with van der Waals surface area (Å²) in [6.45, 7) is 1.21. The molecular formula is C15H18O5. The molecule has 0 amide bonds. The lowest BCUT2D eigenvalue weighted by molar-refractivity contribution is -0.137. The Hall–Kier alpha value is -2.04. The smallest absolute Gasteiger partial charge is 0.303 e. The van der Waals surface area contributed by atoms with Crippen molar-refractivity contribution < 1.29 is 24.2 Å². The topological polar surface area (TPSA) is 72.8 Å². The fourth-order valence-electron chi connectivity index (χ4n) is 2.04. The number of ether oxygens (including phenoxy) is 2. The summed E-state index contributed by atoms with van der Waals surface area (Å²) in [6, 6.07) is 5.19. The van der Waals surface area contributed by atoms with Gasteiger partial charge in [-0.3, -0.25) is 9.59 Å². The largest absolute Gasteiger partial charge is 0.490 e. The summed E-state index contributed by atoms with van der Waals surface area (Å²) in [5.41, 5.74) is 0.588. The van der Waals surface area contributed by atoms with Crippen LogP contribution < -0.4 is 9.47 Å². The lowest BCUT2D eigenvalue weighted by Crippen LogP contribution is -2.02. The van der Waals surface area contributed by atoms with Crippen molar-refractivity contribution in [2.75, 3.05) is 13.2 Å².